The minimum absolute atomic E-state index is 0.207. The predicted molar refractivity (Wildman–Crippen MR) is 107 cm³/mol. The van der Waals surface area contributed by atoms with E-state index in [1.807, 2.05) is 36.4 Å². The quantitative estimate of drug-likeness (QED) is 0.593. The molecule has 0 radical (unpaired) electrons. The van der Waals surface area contributed by atoms with Crippen LogP contribution in [0, 0.1) is 11.7 Å². The fourth-order valence-corrected chi connectivity index (χ4v) is 3.27. The van der Waals surface area contributed by atoms with Gasteiger partial charge in [0.25, 0.3) is 5.91 Å². The Morgan fingerprint density at radius 3 is 2.62 bits per heavy atom. The maximum Gasteiger partial charge on any atom is 0.273 e. The Hall–Kier alpha value is -2.99. The fourth-order valence-electron chi connectivity index (χ4n) is 3.27. The molecule has 3 aromatic rings. The molecule has 2 aromatic carbocycles. The number of carbonyl (C=O) groups is 1. The molecule has 29 heavy (non-hydrogen) atoms. The monoisotopic (exact) mass is 393 g/mol. The van der Waals surface area contributed by atoms with Crippen molar-refractivity contribution in [3.63, 3.8) is 0 Å². The van der Waals surface area contributed by atoms with Crippen LogP contribution in [-0.4, -0.2) is 22.3 Å². The van der Waals surface area contributed by atoms with Gasteiger partial charge in [-0.1, -0.05) is 48.5 Å². The number of nitrogens with one attached hydrogen (secondary N) is 1. The summed E-state index contributed by atoms with van der Waals surface area (Å²) < 4.78 is 19.6. The Bertz CT molecular complexity index is 954. The second-order valence-electron chi connectivity index (χ2n) is 7.50. The Morgan fingerprint density at radius 1 is 1.10 bits per heavy atom. The van der Waals surface area contributed by atoms with E-state index in [1.54, 1.807) is 12.1 Å². The molecular weight excluding hydrogens is 369 g/mol. The highest BCUT2D eigenvalue weighted by Gasteiger charge is 2.26. The Kier molecular flexibility index (Phi) is 6.00. The Labute approximate surface area is 169 Å². The third-order valence-corrected chi connectivity index (χ3v) is 5.00. The molecule has 1 aromatic heterocycles. The molecule has 4 rings (SSSR count). The topological polar surface area (TPSA) is 58.4 Å². The summed E-state index contributed by atoms with van der Waals surface area (Å²) in [6.07, 6.45) is 3.78. The van der Waals surface area contributed by atoms with Crippen LogP contribution in [0.5, 0.6) is 0 Å². The van der Waals surface area contributed by atoms with Crippen molar-refractivity contribution in [3.05, 3.63) is 89.4 Å². The molecule has 1 aliphatic carbocycles. The largest absolute Gasteiger partial charge is 0.447 e. The lowest BCUT2D eigenvalue weighted by atomic mass is 10.2. The van der Waals surface area contributed by atoms with E-state index in [0.29, 0.717) is 37.0 Å². The summed E-state index contributed by atoms with van der Waals surface area (Å²) in [6, 6.07) is 16.5. The Morgan fingerprint density at radius 2 is 1.86 bits per heavy atom. The first-order chi connectivity index (χ1) is 14.2. The molecule has 1 fully saturated rings. The second-order valence-corrected chi connectivity index (χ2v) is 7.50. The molecule has 0 unspecified atom stereocenters. The van der Waals surface area contributed by atoms with Gasteiger partial charge in [0.15, 0.2) is 5.69 Å². The highest BCUT2D eigenvalue weighted by Crippen LogP contribution is 2.30. The van der Waals surface area contributed by atoms with Gasteiger partial charge in [-0.25, -0.2) is 9.37 Å². The number of hydrogen-bond donors (Lipinski definition) is 1. The van der Waals surface area contributed by atoms with Crippen molar-refractivity contribution < 1.29 is 13.6 Å². The van der Waals surface area contributed by atoms with E-state index in [4.69, 9.17) is 4.42 Å². The number of hydrogen-bond acceptors (Lipinski definition) is 4. The van der Waals surface area contributed by atoms with Gasteiger partial charge < -0.3 is 9.73 Å². The van der Waals surface area contributed by atoms with E-state index in [9.17, 15) is 9.18 Å². The summed E-state index contributed by atoms with van der Waals surface area (Å²) in [5.74, 6) is 0.630. The molecule has 0 spiro atoms. The van der Waals surface area contributed by atoms with E-state index in [1.165, 1.54) is 25.2 Å². The van der Waals surface area contributed by atoms with E-state index in [-0.39, 0.29) is 17.4 Å². The average Bonchev–Trinajstić information content (AvgIpc) is 3.43. The lowest BCUT2D eigenvalue weighted by Crippen LogP contribution is -2.26. The first kappa shape index (κ1) is 19.3. The van der Waals surface area contributed by atoms with Crippen LogP contribution in [0.1, 0.15) is 40.3 Å². The highest BCUT2D eigenvalue weighted by molar-refractivity contribution is 5.91. The summed E-state index contributed by atoms with van der Waals surface area (Å²) in [4.78, 5) is 18.8. The molecular formula is C23H24FN3O2. The molecule has 0 saturated heterocycles. The SMILES string of the molecule is O=C(NCc1ccccc1)c1coc(CN(Cc2ccccc2F)CC2CC2)n1. The van der Waals surface area contributed by atoms with Crippen LogP contribution in [-0.2, 0) is 19.6 Å². The molecule has 1 amide bonds. The van der Waals surface area contributed by atoms with Crippen LogP contribution < -0.4 is 5.32 Å². The first-order valence-electron chi connectivity index (χ1n) is 9.89. The summed E-state index contributed by atoms with van der Waals surface area (Å²) in [7, 11) is 0. The first-order valence-corrected chi connectivity index (χ1v) is 9.89. The molecule has 1 heterocycles. The third kappa shape index (κ3) is 5.51. The van der Waals surface area contributed by atoms with Crippen LogP contribution in [0.25, 0.3) is 0 Å². The zero-order valence-electron chi connectivity index (χ0n) is 16.2. The maximum atomic E-state index is 14.1. The van der Waals surface area contributed by atoms with Gasteiger partial charge in [-0.2, -0.15) is 0 Å². The fraction of sp³-hybridized carbons (Fsp3) is 0.304. The molecule has 1 N–H and O–H groups in total. The lowest BCUT2D eigenvalue weighted by molar-refractivity contribution is 0.0945. The standard InChI is InChI=1S/C23H24FN3O2/c24-20-9-5-4-8-19(20)14-27(13-18-10-11-18)15-22-26-21(16-29-22)23(28)25-12-17-6-2-1-3-7-17/h1-9,16,18H,10-15H2,(H,25,28). The zero-order valence-corrected chi connectivity index (χ0v) is 16.2. The normalized spacial score (nSPS) is 13.6. The van der Waals surface area contributed by atoms with Crippen molar-refractivity contribution in [1.82, 2.24) is 15.2 Å². The number of carbonyl (C=O) groups excluding carboxylic acids is 1. The number of benzene rings is 2. The molecule has 1 saturated carbocycles. The predicted octanol–water partition coefficient (Wildman–Crippen LogP) is 4.16. The van der Waals surface area contributed by atoms with E-state index in [0.717, 1.165) is 12.1 Å². The minimum Gasteiger partial charge on any atom is -0.447 e. The van der Waals surface area contributed by atoms with Crippen molar-refractivity contribution in [1.29, 1.82) is 0 Å². The smallest absolute Gasteiger partial charge is 0.273 e. The average molecular weight is 393 g/mol. The van der Waals surface area contributed by atoms with Crippen molar-refractivity contribution in [2.24, 2.45) is 5.92 Å². The maximum absolute atomic E-state index is 14.1. The van der Waals surface area contributed by atoms with E-state index >= 15 is 0 Å². The van der Waals surface area contributed by atoms with Gasteiger partial charge in [-0.3, -0.25) is 9.69 Å². The molecule has 0 aliphatic heterocycles. The number of aromatic nitrogens is 1. The van der Waals surface area contributed by atoms with Crippen LogP contribution in [0.2, 0.25) is 0 Å². The van der Waals surface area contributed by atoms with Crippen molar-refractivity contribution in [2.75, 3.05) is 6.54 Å². The molecule has 6 heteroatoms. The lowest BCUT2D eigenvalue weighted by Gasteiger charge is -2.20. The number of amides is 1. The molecule has 0 atom stereocenters. The molecule has 0 bridgehead atoms. The van der Waals surface area contributed by atoms with Gasteiger partial charge in [0.1, 0.15) is 12.1 Å². The van der Waals surface area contributed by atoms with Gasteiger partial charge in [0.05, 0.1) is 6.54 Å². The molecule has 150 valence electrons. The van der Waals surface area contributed by atoms with Crippen LogP contribution in [0.4, 0.5) is 4.39 Å². The number of rotatable bonds is 9. The summed E-state index contributed by atoms with van der Waals surface area (Å²) >= 11 is 0. The number of oxazole rings is 1. The van der Waals surface area contributed by atoms with Crippen LogP contribution in [0.3, 0.4) is 0 Å². The number of halogens is 1. The summed E-state index contributed by atoms with van der Waals surface area (Å²) in [5.41, 5.74) is 1.93. The van der Waals surface area contributed by atoms with Crippen molar-refractivity contribution in [3.8, 4) is 0 Å². The van der Waals surface area contributed by atoms with Crippen molar-refractivity contribution >= 4 is 5.91 Å². The summed E-state index contributed by atoms with van der Waals surface area (Å²) in [6.45, 7) is 2.23. The second kappa shape index (κ2) is 9.01. The van der Waals surface area contributed by atoms with Crippen LogP contribution >= 0.6 is 0 Å². The van der Waals surface area contributed by atoms with Crippen LogP contribution in [0.15, 0.2) is 65.3 Å². The van der Waals surface area contributed by atoms with E-state index in [2.05, 4.69) is 15.2 Å². The highest BCUT2D eigenvalue weighted by atomic mass is 19.1. The number of nitrogens with zero attached hydrogens (tertiary/aromatic N) is 2. The minimum atomic E-state index is -0.272. The Balaban J connectivity index is 1.37. The van der Waals surface area contributed by atoms with Crippen molar-refractivity contribution in [2.45, 2.75) is 32.5 Å². The molecule has 5 nitrogen and oxygen atoms in total. The zero-order chi connectivity index (χ0) is 20.1. The van der Waals surface area contributed by atoms with E-state index < -0.39 is 0 Å². The van der Waals surface area contributed by atoms with Gasteiger partial charge in [-0.15, -0.1) is 0 Å². The van der Waals surface area contributed by atoms with Gasteiger partial charge in [-0.05, 0) is 30.4 Å². The molecule has 1 aliphatic rings. The van der Waals surface area contributed by atoms with Gasteiger partial charge >= 0.3 is 0 Å². The van der Waals surface area contributed by atoms with Gasteiger partial charge in [0, 0.05) is 25.2 Å². The summed E-state index contributed by atoms with van der Waals surface area (Å²) in [5, 5.41) is 2.85. The van der Waals surface area contributed by atoms with Gasteiger partial charge in [0.2, 0.25) is 5.89 Å². The third-order valence-electron chi connectivity index (χ3n) is 5.00.